The van der Waals surface area contributed by atoms with Crippen molar-refractivity contribution in [2.45, 2.75) is 32.6 Å². The minimum absolute atomic E-state index is 0.122. The Bertz CT molecular complexity index is 421. The van der Waals surface area contributed by atoms with Crippen LogP contribution in [0.2, 0.25) is 0 Å². The number of ketones is 2. The zero-order chi connectivity index (χ0) is 13.5. The van der Waals surface area contributed by atoms with E-state index in [9.17, 15) is 14.4 Å². The van der Waals surface area contributed by atoms with Crippen LogP contribution in [0.4, 0.5) is 4.79 Å². The molecule has 5 heteroatoms. The van der Waals surface area contributed by atoms with Gasteiger partial charge in [0, 0.05) is 13.0 Å². The Morgan fingerprint density at radius 1 is 1.39 bits per heavy atom. The molecule has 0 unspecified atom stereocenters. The van der Waals surface area contributed by atoms with Gasteiger partial charge in [0.2, 0.25) is 0 Å². The van der Waals surface area contributed by atoms with E-state index in [1.807, 2.05) is 6.08 Å². The highest BCUT2D eigenvalue weighted by Gasteiger charge is 2.20. The molecule has 0 aliphatic heterocycles. The van der Waals surface area contributed by atoms with Crippen LogP contribution in [0.5, 0.6) is 0 Å². The Balaban J connectivity index is 2.50. The van der Waals surface area contributed by atoms with Crippen LogP contribution in [-0.4, -0.2) is 29.3 Å². The third-order valence-corrected chi connectivity index (χ3v) is 2.72. The highest BCUT2D eigenvalue weighted by Crippen LogP contribution is 2.21. The first-order valence-electron chi connectivity index (χ1n) is 5.93. The number of hydrogen-bond donors (Lipinski definition) is 2. The van der Waals surface area contributed by atoms with E-state index in [4.69, 9.17) is 5.11 Å². The van der Waals surface area contributed by atoms with Gasteiger partial charge in [0.1, 0.15) is 0 Å². The van der Waals surface area contributed by atoms with E-state index in [-0.39, 0.29) is 11.6 Å². The molecule has 1 rings (SSSR count). The molecule has 0 aromatic carbocycles. The second-order valence-electron chi connectivity index (χ2n) is 4.18. The van der Waals surface area contributed by atoms with Gasteiger partial charge in [-0.1, -0.05) is 12.2 Å². The lowest BCUT2D eigenvalue weighted by Crippen LogP contribution is -2.21. The van der Waals surface area contributed by atoms with Gasteiger partial charge in [0.15, 0.2) is 11.6 Å². The summed E-state index contributed by atoms with van der Waals surface area (Å²) < 4.78 is 0. The first-order valence-corrected chi connectivity index (χ1v) is 5.93. The minimum atomic E-state index is -1.04. The number of carbonyl (C=O) groups is 3. The second kappa shape index (κ2) is 6.74. The molecule has 5 nitrogen and oxygen atoms in total. The van der Waals surface area contributed by atoms with Crippen molar-refractivity contribution in [1.82, 2.24) is 5.32 Å². The maximum Gasteiger partial charge on any atom is 0.404 e. The van der Waals surface area contributed by atoms with Crippen LogP contribution in [0.3, 0.4) is 0 Å². The van der Waals surface area contributed by atoms with Gasteiger partial charge in [0.05, 0.1) is 5.57 Å². The lowest BCUT2D eigenvalue weighted by Gasteiger charge is -2.12. The van der Waals surface area contributed by atoms with E-state index in [1.54, 1.807) is 6.08 Å². The number of rotatable bonds is 6. The highest BCUT2D eigenvalue weighted by atomic mass is 16.4. The first kappa shape index (κ1) is 14.2. The predicted octanol–water partition coefficient (Wildman–Crippen LogP) is 1.84. The molecule has 0 fully saturated rings. The number of carboxylic acid groups (broad SMARTS) is 1. The van der Waals surface area contributed by atoms with E-state index in [1.165, 1.54) is 6.92 Å². The fraction of sp³-hybridized carbons (Fsp3) is 0.462. The topological polar surface area (TPSA) is 83.5 Å². The molecule has 0 radical (unpaired) electrons. The zero-order valence-electron chi connectivity index (χ0n) is 10.4. The normalized spacial score (nSPS) is 14.8. The summed E-state index contributed by atoms with van der Waals surface area (Å²) in [5.41, 5.74) is 1.08. The molecule has 0 heterocycles. The monoisotopic (exact) mass is 251 g/mol. The van der Waals surface area contributed by atoms with Crippen LogP contribution >= 0.6 is 0 Å². The van der Waals surface area contributed by atoms with Crippen molar-refractivity contribution in [2.75, 3.05) is 6.54 Å². The van der Waals surface area contributed by atoms with E-state index in [0.717, 1.165) is 12.0 Å². The van der Waals surface area contributed by atoms with Crippen LogP contribution in [0.1, 0.15) is 32.6 Å². The number of Topliss-reactive ketones (excluding diaryl/α,β-unsaturated/α-hetero) is 2. The number of unbranched alkanes of at least 4 members (excludes halogenated alkanes) is 1. The summed E-state index contributed by atoms with van der Waals surface area (Å²) in [5, 5.41) is 10.7. The maximum atomic E-state index is 11.6. The van der Waals surface area contributed by atoms with Gasteiger partial charge in [-0.15, -0.1) is 0 Å². The summed E-state index contributed by atoms with van der Waals surface area (Å²) in [6.07, 6.45) is 4.89. The Morgan fingerprint density at radius 3 is 2.72 bits per heavy atom. The Hall–Kier alpha value is -1.91. The summed E-state index contributed by atoms with van der Waals surface area (Å²) in [7, 11) is 0. The van der Waals surface area contributed by atoms with Crippen LogP contribution in [-0.2, 0) is 9.59 Å². The van der Waals surface area contributed by atoms with E-state index in [0.29, 0.717) is 31.4 Å². The molecule has 1 amide bonds. The fourth-order valence-corrected chi connectivity index (χ4v) is 1.94. The molecule has 0 saturated carbocycles. The molecule has 0 bridgehead atoms. The molecule has 2 N–H and O–H groups in total. The molecule has 18 heavy (non-hydrogen) atoms. The average Bonchev–Trinajstić information content (AvgIpc) is 2.27. The number of nitrogens with one attached hydrogen (secondary N) is 1. The van der Waals surface area contributed by atoms with Gasteiger partial charge < -0.3 is 10.4 Å². The van der Waals surface area contributed by atoms with Crippen molar-refractivity contribution in [2.24, 2.45) is 0 Å². The molecule has 0 aromatic rings. The van der Waals surface area contributed by atoms with Crippen LogP contribution < -0.4 is 5.32 Å². The SMILES string of the molecule is CC(=O)C1=C(CCCCNC(=O)O)C=CCC1=O. The van der Waals surface area contributed by atoms with E-state index >= 15 is 0 Å². The first-order chi connectivity index (χ1) is 8.52. The second-order valence-corrected chi connectivity index (χ2v) is 4.18. The van der Waals surface area contributed by atoms with Crippen LogP contribution in [0.25, 0.3) is 0 Å². The van der Waals surface area contributed by atoms with Gasteiger partial charge in [-0.25, -0.2) is 4.79 Å². The molecule has 98 valence electrons. The van der Waals surface area contributed by atoms with Crippen molar-refractivity contribution in [1.29, 1.82) is 0 Å². The lowest BCUT2D eigenvalue weighted by molar-refractivity contribution is -0.120. The van der Waals surface area contributed by atoms with Gasteiger partial charge in [-0.2, -0.15) is 0 Å². The smallest absolute Gasteiger partial charge is 0.404 e. The van der Waals surface area contributed by atoms with Crippen molar-refractivity contribution in [3.63, 3.8) is 0 Å². The van der Waals surface area contributed by atoms with E-state index < -0.39 is 6.09 Å². The van der Waals surface area contributed by atoms with E-state index in [2.05, 4.69) is 5.32 Å². The molecular weight excluding hydrogens is 234 g/mol. The van der Waals surface area contributed by atoms with Crippen molar-refractivity contribution < 1.29 is 19.5 Å². The maximum absolute atomic E-state index is 11.6. The van der Waals surface area contributed by atoms with Gasteiger partial charge >= 0.3 is 6.09 Å². The fourth-order valence-electron chi connectivity index (χ4n) is 1.94. The summed E-state index contributed by atoms with van der Waals surface area (Å²) in [6, 6.07) is 0. The van der Waals surface area contributed by atoms with Crippen molar-refractivity contribution in [3.8, 4) is 0 Å². The molecule has 0 spiro atoms. The third-order valence-electron chi connectivity index (χ3n) is 2.72. The number of allylic oxidation sites excluding steroid dienone is 4. The van der Waals surface area contributed by atoms with Crippen molar-refractivity contribution >= 4 is 17.7 Å². The van der Waals surface area contributed by atoms with Crippen molar-refractivity contribution in [3.05, 3.63) is 23.3 Å². The standard InChI is InChI=1S/C13H17NO4/c1-9(15)12-10(6-4-7-11(12)16)5-2-3-8-14-13(17)18/h4,6,14H,2-3,5,7-8H2,1H3,(H,17,18). The molecule has 0 aromatic heterocycles. The number of amides is 1. The lowest BCUT2D eigenvalue weighted by atomic mass is 9.91. The summed E-state index contributed by atoms with van der Waals surface area (Å²) in [6.45, 7) is 1.79. The summed E-state index contributed by atoms with van der Waals surface area (Å²) in [4.78, 5) is 33.2. The summed E-state index contributed by atoms with van der Waals surface area (Å²) >= 11 is 0. The quantitative estimate of drug-likeness (QED) is 0.557. The van der Waals surface area contributed by atoms with Gasteiger partial charge in [-0.05, 0) is 31.8 Å². The predicted molar refractivity (Wildman–Crippen MR) is 66.3 cm³/mol. The number of carbonyl (C=O) groups excluding carboxylic acids is 2. The zero-order valence-corrected chi connectivity index (χ0v) is 10.4. The molecule has 1 aliphatic rings. The van der Waals surface area contributed by atoms with Crippen LogP contribution in [0, 0.1) is 0 Å². The highest BCUT2D eigenvalue weighted by molar-refractivity contribution is 6.21. The van der Waals surface area contributed by atoms with Crippen LogP contribution in [0.15, 0.2) is 23.3 Å². The Morgan fingerprint density at radius 2 is 2.11 bits per heavy atom. The Labute approximate surface area is 106 Å². The van der Waals surface area contributed by atoms with Gasteiger partial charge in [0.25, 0.3) is 0 Å². The molecule has 1 aliphatic carbocycles. The molecule has 0 saturated heterocycles. The number of hydrogen-bond acceptors (Lipinski definition) is 3. The third kappa shape index (κ3) is 4.16. The minimum Gasteiger partial charge on any atom is -0.465 e. The largest absolute Gasteiger partial charge is 0.465 e. The molecular formula is C13H17NO4. The van der Waals surface area contributed by atoms with Gasteiger partial charge in [-0.3, -0.25) is 9.59 Å². The average molecular weight is 251 g/mol. The summed E-state index contributed by atoms with van der Waals surface area (Å²) in [5.74, 6) is -0.313. The molecule has 0 atom stereocenters. The Kier molecular flexibility index (Phi) is 5.30.